The summed E-state index contributed by atoms with van der Waals surface area (Å²) in [5, 5.41) is 12.8. The van der Waals surface area contributed by atoms with Crippen LogP contribution >= 0.6 is 0 Å². The Kier molecular flexibility index (Phi) is 5.06. The SMILES string of the molecule is CC1CCC(CNC(=O)c2c[nH]cc2-c2cc(F)c(F)cc2O)CC1. The largest absolute Gasteiger partial charge is 0.507 e. The van der Waals surface area contributed by atoms with E-state index in [0.29, 0.717) is 29.7 Å². The summed E-state index contributed by atoms with van der Waals surface area (Å²) >= 11 is 0. The second-order valence-corrected chi connectivity index (χ2v) is 6.90. The lowest BCUT2D eigenvalue weighted by Gasteiger charge is -2.26. The van der Waals surface area contributed by atoms with Crippen LogP contribution < -0.4 is 5.32 Å². The maximum absolute atomic E-state index is 13.5. The summed E-state index contributed by atoms with van der Waals surface area (Å²) in [6.07, 6.45) is 7.55. The van der Waals surface area contributed by atoms with E-state index in [4.69, 9.17) is 0 Å². The molecule has 1 amide bonds. The Morgan fingerprint density at radius 3 is 2.56 bits per heavy atom. The van der Waals surface area contributed by atoms with Crippen LogP contribution in [0.2, 0.25) is 0 Å². The highest BCUT2D eigenvalue weighted by molar-refractivity contribution is 6.01. The zero-order chi connectivity index (χ0) is 18.0. The number of carbonyl (C=O) groups is 1. The predicted molar refractivity (Wildman–Crippen MR) is 91.3 cm³/mol. The molecule has 3 N–H and O–H groups in total. The first-order valence-corrected chi connectivity index (χ1v) is 8.59. The number of carbonyl (C=O) groups excluding carboxylic acids is 1. The van der Waals surface area contributed by atoms with E-state index in [0.717, 1.165) is 24.8 Å². The number of amides is 1. The molecule has 6 heteroatoms. The van der Waals surface area contributed by atoms with Crippen LogP contribution in [0.15, 0.2) is 24.5 Å². The molecule has 2 aromatic rings. The van der Waals surface area contributed by atoms with Gasteiger partial charge in [-0.25, -0.2) is 8.78 Å². The Labute approximate surface area is 145 Å². The third-order valence-electron chi connectivity index (χ3n) is 5.01. The highest BCUT2D eigenvalue weighted by Gasteiger charge is 2.21. The second kappa shape index (κ2) is 7.25. The number of phenolic OH excluding ortho intramolecular Hbond substituents is 1. The van der Waals surface area contributed by atoms with Crippen LogP contribution in [0.5, 0.6) is 5.75 Å². The second-order valence-electron chi connectivity index (χ2n) is 6.90. The van der Waals surface area contributed by atoms with Gasteiger partial charge in [0.05, 0.1) is 5.56 Å². The van der Waals surface area contributed by atoms with Crippen molar-refractivity contribution in [3.8, 4) is 16.9 Å². The minimum atomic E-state index is -1.13. The van der Waals surface area contributed by atoms with Crippen LogP contribution in [0.3, 0.4) is 0 Å². The quantitative estimate of drug-likeness (QED) is 0.774. The van der Waals surface area contributed by atoms with Gasteiger partial charge < -0.3 is 15.4 Å². The number of rotatable bonds is 4. The summed E-state index contributed by atoms with van der Waals surface area (Å²) in [4.78, 5) is 15.3. The van der Waals surface area contributed by atoms with Crippen molar-refractivity contribution in [3.63, 3.8) is 0 Å². The predicted octanol–water partition coefficient (Wildman–Crippen LogP) is 4.22. The molecular formula is C19H22F2N2O2. The summed E-state index contributed by atoms with van der Waals surface area (Å²) in [5.41, 5.74) is 0.716. The minimum absolute atomic E-state index is 0.0804. The number of aromatic nitrogens is 1. The molecule has 0 radical (unpaired) electrons. The highest BCUT2D eigenvalue weighted by atomic mass is 19.2. The lowest BCUT2D eigenvalue weighted by atomic mass is 9.83. The van der Waals surface area contributed by atoms with Crippen molar-refractivity contribution in [3.05, 3.63) is 41.7 Å². The van der Waals surface area contributed by atoms with E-state index in [2.05, 4.69) is 17.2 Å². The third-order valence-corrected chi connectivity index (χ3v) is 5.01. The van der Waals surface area contributed by atoms with Crippen molar-refractivity contribution >= 4 is 5.91 Å². The van der Waals surface area contributed by atoms with Crippen molar-refractivity contribution in [1.82, 2.24) is 10.3 Å². The molecule has 3 rings (SSSR count). The maximum Gasteiger partial charge on any atom is 0.253 e. The molecule has 1 heterocycles. The molecule has 0 atom stereocenters. The van der Waals surface area contributed by atoms with Gasteiger partial charge in [-0.15, -0.1) is 0 Å². The molecule has 25 heavy (non-hydrogen) atoms. The van der Waals surface area contributed by atoms with E-state index in [1.807, 2.05) is 0 Å². The molecule has 0 unspecified atom stereocenters. The van der Waals surface area contributed by atoms with Crippen LogP contribution in [0.1, 0.15) is 43.0 Å². The van der Waals surface area contributed by atoms with Gasteiger partial charge in [-0.3, -0.25) is 4.79 Å². The van der Waals surface area contributed by atoms with Gasteiger partial charge in [-0.1, -0.05) is 19.8 Å². The Hall–Kier alpha value is -2.37. The van der Waals surface area contributed by atoms with Crippen LogP contribution in [0.4, 0.5) is 8.78 Å². The molecule has 0 bridgehead atoms. The van der Waals surface area contributed by atoms with Crippen LogP contribution in [0, 0.1) is 23.5 Å². The van der Waals surface area contributed by atoms with Crippen molar-refractivity contribution in [2.75, 3.05) is 6.54 Å². The minimum Gasteiger partial charge on any atom is -0.507 e. The molecule has 1 aliphatic rings. The fourth-order valence-corrected chi connectivity index (χ4v) is 3.39. The number of nitrogens with one attached hydrogen (secondary N) is 2. The fourth-order valence-electron chi connectivity index (χ4n) is 3.39. The van der Waals surface area contributed by atoms with Gasteiger partial charge in [0, 0.05) is 36.1 Å². The topological polar surface area (TPSA) is 65.1 Å². The number of halogens is 2. The van der Waals surface area contributed by atoms with Crippen LogP contribution in [-0.2, 0) is 0 Å². The highest BCUT2D eigenvalue weighted by Crippen LogP contribution is 2.33. The first-order chi connectivity index (χ1) is 12.0. The third kappa shape index (κ3) is 3.83. The molecule has 4 nitrogen and oxygen atoms in total. The normalized spacial score (nSPS) is 20.4. The van der Waals surface area contributed by atoms with Crippen molar-refractivity contribution in [1.29, 1.82) is 0 Å². The number of H-pyrrole nitrogens is 1. The first-order valence-electron chi connectivity index (χ1n) is 8.59. The molecule has 0 aliphatic heterocycles. The lowest BCUT2D eigenvalue weighted by molar-refractivity contribution is 0.0942. The summed E-state index contributed by atoms with van der Waals surface area (Å²) in [6.45, 7) is 2.84. The number of hydrogen-bond donors (Lipinski definition) is 3. The molecule has 1 aliphatic carbocycles. The molecule has 0 spiro atoms. The summed E-state index contributed by atoms with van der Waals surface area (Å²) < 4.78 is 26.7. The first kappa shape index (κ1) is 17.5. The molecular weight excluding hydrogens is 326 g/mol. The van der Waals surface area contributed by atoms with Gasteiger partial charge in [0.15, 0.2) is 11.6 Å². The maximum atomic E-state index is 13.5. The van der Waals surface area contributed by atoms with Gasteiger partial charge in [-0.2, -0.15) is 0 Å². The summed E-state index contributed by atoms with van der Waals surface area (Å²) in [7, 11) is 0. The van der Waals surface area contributed by atoms with Gasteiger partial charge >= 0.3 is 0 Å². The average molecular weight is 348 g/mol. The van der Waals surface area contributed by atoms with E-state index < -0.39 is 17.4 Å². The number of aromatic hydroxyl groups is 1. The Bertz CT molecular complexity index is 765. The molecule has 134 valence electrons. The van der Waals surface area contributed by atoms with Crippen LogP contribution in [-0.4, -0.2) is 22.5 Å². The fraction of sp³-hybridized carbons (Fsp3) is 0.421. The molecule has 0 saturated heterocycles. The zero-order valence-corrected chi connectivity index (χ0v) is 14.1. The van der Waals surface area contributed by atoms with Gasteiger partial charge in [0.1, 0.15) is 5.75 Å². The molecule has 1 aromatic carbocycles. The van der Waals surface area contributed by atoms with E-state index in [1.165, 1.54) is 25.2 Å². The van der Waals surface area contributed by atoms with Crippen molar-refractivity contribution in [2.24, 2.45) is 11.8 Å². The number of phenols is 1. The molecule has 1 fully saturated rings. The Balaban J connectivity index is 1.73. The monoisotopic (exact) mass is 348 g/mol. The van der Waals surface area contributed by atoms with Gasteiger partial charge in [-0.05, 0) is 30.7 Å². The van der Waals surface area contributed by atoms with E-state index in [9.17, 15) is 18.7 Å². The van der Waals surface area contributed by atoms with Crippen LogP contribution in [0.25, 0.3) is 11.1 Å². The average Bonchev–Trinajstić information content (AvgIpc) is 3.07. The van der Waals surface area contributed by atoms with E-state index in [-0.39, 0.29) is 11.5 Å². The van der Waals surface area contributed by atoms with Gasteiger partial charge in [0.2, 0.25) is 0 Å². The zero-order valence-electron chi connectivity index (χ0n) is 14.1. The standard InChI is InChI=1S/C19H22F2N2O2/c1-11-2-4-12(5-3-11)8-23-19(25)15-10-22-9-14(15)13-6-16(20)17(21)7-18(13)24/h6-7,9-12,22,24H,2-5,8H2,1H3,(H,23,25). The molecule has 1 saturated carbocycles. The van der Waals surface area contributed by atoms with E-state index >= 15 is 0 Å². The summed E-state index contributed by atoms with van der Waals surface area (Å²) in [5.74, 6) is -1.68. The Morgan fingerprint density at radius 2 is 1.84 bits per heavy atom. The van der Waals surface area contributed by atoms with Crippen molar-refractivity contribution in [2.45, 2.75) is 32.6 Å². The Morgan fingerprint density at radius 1 is 1.16 bits per heavy atom. The van der Waals surface area contributed by atoms with E-state index in [1.54, 1.807) is 0 Å². The van der Waals surface area contributed by atoms with Crippen molar-refractivity contribution < 1.29 is 18.7 Å². The number of hydrogen-bond acceptors (Lipinski definition) is 2. The van der Waals surface area contributed by atoms with Gasteiger partial charge in [0.25, 0.3) is 5.91 Å². The lowest BCUT2D eigenvalue weighted by Crippen LogP contribution is -2.31. The smallest absolute Gasteiger partial charge is 0.253 e. The summed E-state index contributed by atoms with van der Waals surface area (Å²) in [6, 6.07) is 1.61. The molecule has 1 aromatic heterocycles. The number of aromatic amines is 1. The number of benzene rings is 1.